The molecule has 94 valence electrons. The highest BCUT2D eigenvalue weighted by Gasteiger charge is 2.17. The van der Waals surface area contributed by atoms with Crippen molar-refractivity contribution in [2.75, 3.05) is 6.61 Å². The molecule has 0 unspecified atom stereocenters. The molecule has 0 radical (unpaired) electrons. The van der Waals surface area contributed by atoms with Crippen LogP contribution in [-0.2, 0) is 11.2 Å². The maximum atomic E-state index is 5.95. The van der Waals surface area contributed by atoms with Gasteiger partial charge in [-0.05, 0) is 35.7 Å². The summed E-state index contributed by atoms with van der Waals surface area (Å²) in [5, 5.41) is 0.705. The zero-order valence-electron chi connectivity index (χ0n) is 10.4. The van der Waals surface area contributed by atoms with E-state index >= 15 is 0 Å². The average Bonchev–Trinajstić information content (AvgIpc) is 2.45. The molecule has 2 heteroatoms. The van der Waals surface area contributed by atoms with Crippen LogP contribution in [0.25, 0.3) is 0 Å². The van der Waals surface area contributed by atoms with Crippen LogP contribution in [0.3, 0.4) is 0 Å². The molecule has 0 spiro atoms. The summed E-state index contributed by atoms with van der Waals surface area (Å²) in [6, 6.07) is 15.9. The lowest BCUT2D eigenvalue weighted by molar-refractivity contribution is 0.0814. The maximum absolute atomic E-state index is 5.95. The topological polar surface area (TPSA) is 9.23 Å². The normalized spacial score (nSPS) is 17.2. The van der Waals surface area contributed by atoms with E-state index in [9.17, 15) is 0 Å². The van der Waals surface area contributed by atoms with Gasteiger partial charge in [0.15, 0.2) is 0 Å². The predicted molar refractivity (Wildman–Crippen MR) is 77.2 cm³/mol. The van der Waals surface area contributed by atoms with Crippen LogP contribution in [0.2, 0.25) is 5.02 Å². The van der Waals surface area contributed by atoms with Crippen LogP contribution < -0.4 is 0 Å². The van der Waals surface area contributed by atoms with Gasteiger partial charge in [0.05, 0.1) is 6.61 Å². The molecule has 3 rings (SSSR count). The van der Waals surface area contributed by atoms with E-state index in [2.05, 4.69) is 30.0 Å². The molecule has 1 heterocycles. The van der Waals surface area contributed by atoms with Gasteiger partial charge >= 0.3 is 0 Å². The molecule has 1 aliphatic rings. The number of ether oxygens (including phenoxy) is 1. The Morgan fingerprint density at radius 2 is 2.00 bits per heavy atom. The van der Waals surface area contributed by atoms with E-state index in [1.165, 1.54) is 11.1 Å². The molecular weight excluding hydrogens is 256 g/mol. The van der Waals surface area contributed by atoms with Crippen LogP contribution >= 0.6 is 11.6 Å². The number of rotatable bonds is 0. The van der Waals surface area contributed by atoms with Crippen molar-refractivity contribution in [3.8, 4) is 11.8 Å². The molecule has 2 aromatic carbocycles. The fraction of sp³-hybridized carbons (Fsp3) is 0.176. The van der Waals surface area contributed by atoms with E-state index in [1.54, 1.807) is 0 Å². The van der Waals surface area contributed by atoms with Crippen LogP contribution in [0.1, 0.15) is 22.8 Å². The number of hydrogen-bond acceptors (Lipinski definition) is 1. The maximum Gasteiger partial charge on any atom is 0.144 e. The van der Waals surface area contributed by atoms with Crippen LogP contribution in [0.5, 0.6) is 0 Å². The van der Waals surface area contributed by atoms with Gasteiger partial charge in [-0.3, -0.25) is 0 Å². The first-order valence-corrected chi connectivity index (χ1v) is 6.67. The molecule has 1 aliphatic heterocycles. The van der Waals surface area contributed by atoms with E-state index in [4.69, 9.17) is 16.3 Å². The predicted octanol–water partition coefficient (Wildman–Crippen LogP) is 4.01. The summed E-state index contributed by atoms with van der Waals surface area (Å²) in [4.78, 5) is 0. The highest BCUT2D eigenvalue weighted by atomic mass is 35.5. The van der Waals surface area contributed by atoms with E-state index in [0.717, 1.165) is 18.6 Å². The first-order valence-electron chi connectivity index (χ1n) is 6.29. The highest BCUT2D eigenvalue weighted by molar-refractivity contribution is 6.30. The van der Waals surface area contributed by atoms with Crippen molar-refractivity contribution in [1.82, 2.24) is 0 Å². The minimum atomic E-state index is -0.135. The minimum absolute atomic E-state index is 0.135. The first-order chi connectivity index (χ1) is 9.33. The Balaban J connectivity index is 1.90. The van der Waals surface area contributed by atoms with Crippen molar-refractivity contribution in [1.29, 1.82) is 0 Å². The monoisotopic (exact) mass is 268 g/mol. The summed E-state index contributed by atoms with van der Waals surface area (Å²) in [7, 11) is 0. The van der Waals surface area contributed by atoms with Crippen molar-refractivity contribution < 1.29 is 4.74 Å². The minimum Gasteiger partial charge on any atom is -0.360 e. The van der Waals surface area contributed by atoms with Crippen molar-refractivity contribution in [2.24, 2.45) is 0 Å². The molecule has 0 aromatic heterocycles. The van der Waals surface area contributed by atoms with E-state index < -0.39 is 0 Å². The standard InChI is InChI=1S/C17H13ClO/c18-15-6-3-4-13(12-15)8-9-17-16-7-2-1-5-14(16)10-11-19-17/h1-7,12,17H,10-11H2/t17-/m0/s1. The second-order valence-corrected chi connectivity index (χ2v) is 4.92. The Morgan fingerprint density at radius 3 is 2.89 bits per heavy atom. The molecule has 2 aromatic rings. The van der Waals surface area contributed by atoms with Crippen molar-refractivity contribution in [2.45, 2.75) is 12.5 Å². The summed E-state index contributed by atoms with van der Waals surface area (Å²) < 4.78 is 5.75. The zero-order valence-corrected chi connectivity index (χ0v) is 11.2. The van der Waals surface area contributed by atoms with Gasteiger partial charge in [0.1, 0.15) is 6.10 Å². The Hall–Kier alpha value is -1.75. The lowest BCUT2D eigenvalue weighted by Crippen LogP contribution is -2.14. The number of hydrogen-bond donors (Lipinski definition) is 0. The molecular formula is C17H13ClO. The van der Waals surface area contributed by atoms with Crippen molar-refractivity contribution >= 4 is 11.6 Å². The smallest absolute Gasteiger partial charge is 0.144 e. The van der Waals surface area contributed by atoms with Crippen LogP contribution in [-0.4, -0.2) is 6.61 Å². The highest BCUT2D eigenvalue weighted by Crippen LogP contribution is 2.26. The van der Waals surface area contributed by atoms with Crippen LogP contribution in [0.4, 0.5) is 0 Å². The average molecular weight is 269 g/mol. The van der Waals surface area contributed by atoms with Gasteiger partial charge in [-0.1, -0.05) is 53.8 Å². The third-order valence-electron chi connectivity index (χ3n) is 3.17. The summed E-state index contributed by atoms with van der Waals surface area (Å²) >= 11 is 5.95. The SMILES string of the molecule is Clc1cccc(C#C[C@@H]2OCCc3ccccc32)c1. The molecule has 19 heavy (non-hydrogen) atoms. The number of halogens is 1. The van der Waals surface area contributed by atoms with Gasteiger partial charge < -0.3 is 4.74 Å². The van der Waals surface area contributed by atoms with Crippen LogP contribution in [0.15, 0.2) is 48.5 Å². The lowest BCUT2D eigenvalue weighted by atomic mass is 9.98. The third-order valence-corrected chi connectivity index (χ3v) is 3.40. The van der Waals surface area contributed by atoms with Gasteiger partial charge in [0.25, 0.3) is 0 Å². The number of fused-ring (bicyclic) bond motifs is 1. The molecule has 0 saturated carbocycles. The Kier molecular flexibility index (Phi) is 3.55. The second kappa shape index (κ2) is 5.48. The largest absolute Gasteiger partial charge is 0.360 e. The second-order valence-electron chi connectivity index (χ2n) is 4.48. The fourth-order valence-corrected chi connectivity index (χ4v) is 2.42. The van der Waals surface area contributed by atoms with E-state index in [1.807, 2.05) is 30.3 Å². The lowest BCUT2D eigenvalue weighted by Gasteiger charge is -2.21. The van der Waals surface area contributed by atoms with Gasteiger partial charge in [0, 0.05) is 10.6 Å². The Labute approximate surface area is 118 Å². The quantitative estimate of drug-likeness (QED) is 0.656. The van der Waals surface area contributed by atoms with Gasteiger partial charge in [-0.2, -0.15) is 0 Å². The fourth-order valence-electron chi connectivity index (χ4n) is 2.23. The summed E-state index contributed by atoms with van der Waals surface area (Å²) in [6.45, 7) is 0.728. The van der Waals surface area contributed by atoms with Crippen LogP contribution in [0, 0.1) is 11.8 Å². The number of benzene rings is 2. The van der Waals surface area contributed by atoms with E-state index in [-0.39, 0.29) is 6.10 Å². The molecule has 0 N–H and O–H groups in total. The first kappa shape index (κ1) is 12.3. The summed E-state index contributed by atoms with van der Waals surface area (Å²) in [6.07, 6.45) is 0.829. The molecule has 1 nitrogen and oxygen atoms in total. The van der Waals surface area contributed by atoms with Crippen molar-refractivity contribution in [3.63, 3.8) is 0 Å². The van der Waals surface area contributed by atoms with E-state index in [0.29, 0.717) is 5.02 Å². The molecule has 0 saturated heterocycles. The zero-order chi connectivity index (χ0) is 13.1. The van der Waals surface area contributed by atoms with Gasteiger partial charge in [0.2, 0.25) is 0 Å². The molecule has 1 atom stereocenters. The molecule has 0 fully saturated rings. The molecule has 0 bridgehead atoms. The molecule has 0 aliphatic carbocycles. The Morgan fingerprint density at radius 1 is 1.11 bits per heavy atom. The third kappa shape index (κ3) is 2.81. The van der Waals surface area contributed by atoms with Gasteiger partial charge in [-0.25, -0.2) is 0 Å². The Bertz CT molecular complexity index is 652. The molecule has 0 amide bonds. The summed E-state index contributed by atoms with van der Waals surface area (Å²) in [5.74, 6) is 6.33. The summed E-state index contributed by atoms with van der Waals surface area (Å²) in [5.41, 5.74) is 3.43. The van der Waals surface area contributed by atoms with Crippen molar-refractivity contribution in [3.05, 3.63) is 70.2 Å². The van der Waals surface area contributed by atoms with Gasteiger partial charge in [-0.15, -0.1) is 0 Å².